The lowest BCUT2D eigenvalue weighted by atomic mass is 10.3. The number of non-ortho nitro benzene ring substituents is 1. The summed E-state index contributed by atoms with van der Waals surface area (Å²) in [6, 6.07) is 5.59. The molecule has 1 aromatic rings. The smallest absolute Gasteiger partial charge is 0.273 e. The van der Waals surface area contributed by atoms with E-state index in [1.807, 2.05) is 13.8 Å². The van der Waals surface area contributed by atoms with Gasteiger partial charge in [0.2, 0.25) is 5.91 Å². The van der Waals surface area contributed by atoms with Crippen LogP contribution in [0, 0.1) is 10.1 Å². The van der Waals surface area contributed by atoms with Crippen LogP contribution in [0.2, 0.25) is 0 Å². The third kappa shape index (κ3) is 5.57. The van der Waals surface area contributed by atoms with E-state index in [0.717, 1.165) is 0 Å². The van der Waals surface area contributed by atoms with Crippen LogP contribution in [0.25, 0.3) is 0 Å². The SMILES string of the molecule is CCN(CC)C(=O)CN(C)C(=O)COc1cccc([N+](=O)[O-])c1. The number of nitro groups is 1. The van der Waals surface area contributed by atoms with Crippen LogP contribution in [0.5, 0.6) is 5.75 Å². The molecule has 0 N–H and O–H groups in total. The maximum atomic E-state index is 12.0. The van der Waals surface area contributed by atoms with Gasteiger partial charge in [0, 0.05) is 26.2 Å². The van der Waals surface area contributed by atoms with Gasteiger partial charge in [0.25, 0.3) is 11.6 Å². The van der Waals surface area contributed by atoms with Crippen LogP contribution in [-0.4, -0.2) is 59.8 Å². The lowest BCUT2D eigenvalue weighted by Crippen LogP contribution is -2.42. The summed E-state index contributed by atoms with van der Waals surface area (Å²) >= 11 is 0. The molecule has 2 amide bonds. The Morgan fingerprint density at radius 2 is 1.87 bits per heavy atom. The van der Waals surface area contributed by atoms with Crippen molar-refractivity contribution < 1.29 is 19.2 Å². The number of nitro benzene ring substituents is 1. The second kappa shape index (κ2) is 8.72. The highest BCUT2D eigenvalue weighted by Crippen LogP contribution is 2.18. The third-order valence-electron chi connectivity index (χ3n) is 3.31. The molecule has 0 aliphatic heterocycles. The molecular formula is C15H21N3O5. The monoisotopic (exact) mass is 323 g/mol. The van der Waals surface area contributed by atoms with E-state index in [9.17, 15) is 19.7 Å². The van der Waals surface area contributed by atoms with Crippen molar-refractivity contribution in [3.8, 4) is 5.75 Å². The minimum absolute atomic E-state index is 0.0290. The van der Waals surface area contributed by atoms with E-state index in [4.69, 9.17) is 4.74 Å². The van der Waals surface area contributed by atoms with E-state index in [1.165, 1.54) is 36.2 Å². The molecule has 0 aliphatic rings. The minimum Gasteiger partial charge on any atom is -0.484 e. The number of hydrogen-bond acceptors (Lipinski definition) is 5. The van der Waals surface area contributed by atoms with Gasteiger partial charge in [0.05, 0.1) is 17.5 Å². The molecule has 0 saturated heterocycles. The summed E-state index contributed by atoms with van der Waals surface area (Å²) in [6.07, 6.45) is 0. The normalized spacial score (nSPS) is 10.0. The molecule has 0 atom stereocenters. The first kappa shape index (κ1) is 18.4. The molecule has 1 aromatic carbocycles. The zero-order valence-electron chi connectivity index (χ0n) is 13.5. The van der Waals surface area contributed by atoms with Crippen LogP contribution >= 0.6 is 0 Å². The molecule has 0 saturated carbocycles. The average molecular weight is 323 g/mol. The molecule has 0 spiro atoms. The number of carbonyl (C=O) groups excluding carboxylic acids is 2. The quantitative estimate of drug-likeness (QED) is 0.531. The maximum Gasteiger partial charge on any atom is 0.273 e. The van der Waals surface area contributed by atoms with Gasteiger partial charge in [-0.1, -0.05) is 6.07 Å². The molecular weight excluding hydrogens is 302 g/mol. The number of carbonyl (C=O) groups is 2. The fourth-order valence-corrected chi connectivity index (χ4v) is 1.91. The van der Waals surface area contributed by atoms with Crippen molar-refractivity contribution in [2.24, 2.45) is 0 Å². The summed E-state index contributed by atoms with van der Waals surface area (Å²) in [5.74, 6) is -0.283. The fraction of sp³-hybridized carbons (Fsp3) is 0.467. The number of benzene rings is 1. The number of ether oxygens (including phenoxy) is 1. The zero-order valence-corrected chi connectivity index (χ0v) is 13.5. The van der Waals surface area contributed by atoms with Gasteiger partial charge in [-0.25, -0.2) is 0 Å². The van der Waals surface area contributed by atoms with Gasteiger partial charge >= 0.3 is 0 Å². The van der Waals surface area contributed by atoms with Crippen molar-refractivity contribution in [3.63, 3.8) is 0 Å². The number of rotatable bonds is 8. The Morgan fingerprint density at radius 3 is 2.43 bits per heavy atom. The second-order valence-corrected chi connectivity index (χ2v) is 4.86. The lowest BCUT2D eigenvalue weighted by Gasteiger charge is -2.23. The number of likely N-dealkylation sites (N-methyl/N-ethyl adjacent to an activating group) is 2. The van der Waals surface area contributed by atoms with Gasteiger partial charge in [-0.05, 0) is 19.9 Å². The van der Waals surface area contributed by atoms with Crippen LogP contribution in [0.4, 0.5) is 5.69 Å². The van der Waals surface area contributed by atoms with E-state index in [0.29, 0.717) is 13.1 Å². The first-order chi connectivity index (χ1) is 10.9. The molecule has 8 heteroatoms. The van der Waals surface area contributed by atoms with Crippen LogP contribution in [0.15, 0.2) is 24.3 Å². The first-order valence-corrected chi connectivity index (χ1v) is 7.28. The van der Waals surface area contributed by atoms with Crippen LogP contribution in [0.3, 0.4) is 0 Å². The van der Waals surface area contributed by atoms with Gasteiger partial charge in [-0.2, -0.15) is 0 Å². The molecule has 0 bridgehead atoms. The molecule has 126 valence electrons. The van der Waals surface area contributed by atoms with Gasteiger partial charge in [0.15, 0.2) is 6.61 Å². The number of hydrogen-bond donors (Lipinski definition) is 0. The second-order valence-electron chi connectivity index (χ2n) is 4.86. The van der Waals surface area contributed by atoms with Crippen LogP contribution < -0.4 is 4.74 Å². The van der Waals surface area contributed by atoms with E-state index in [2.05, 4.69) is 0 Å². The maximum absolute atomic E-state index is 12.0. The van der Waals surface area contributed by atoms with Crippen molar-refractivity contribution in [3.05, 3.63) is 34.4 Å². The topological polar surface area (TPSA) is 93.0 Å². The van der Waals surface area contributed by atoms with Crippen molar-refractivity contribution in [2.75, 3.05) is 33.3 Å². The van der Waals surface area contributed by atoms with Gasteiger partial charge < -0.3 is 14.5 Å². The largest absolute Gasteiger partial charge is 0.484 e. The zero-order chi connectivity index (χ0) is 17.4. The Bertz CT molecular complexity index is 572. The van der Waals surface area contributed by atoms with Gasteiger partial charge in [-0.3, -0.25) is 19.7 Å². The molecule has 23 heavy (non-hydrogen) atoms. The Labute approximate surface area is 134 Å². The molecule has 8 nitrogen and oxygen atoms in total. The Kier molecular flexibility index (Phi) is 6.98. The highest BCUT2D eigenvalue weighted by atomic mass is 16.6. The van der Waals surface area contributed by atoms with E-state index < -0.39 is 4.92 Å². The number of nitrogens with zero attached hydrogens (tertiary/aromatic N) is 3. The van der Waals surface area contributed by atoms with Crippen molar-refractivity contribution >= 4 is 17.5 Å². The highest BCUT2D eigenvalue weighted by molar-refractivity contribution is 5.85. The van der Waals surface area contributed by atoms with Crippen LogP contribution in [-0.2, 0) is 9.59 Å². The lowest BCUT2D eigenvalue weighted by molar-refractivity contribution is -0.384. The summed E-state index contributed by atoms with van der Waals surface area (Å²) in [7, 11) is 1.51. The minimum atomic E-state index is -0.538. The standard InChI is InChI=1S/C15H21N3O5/c1-4-17(5-2)14(19)10-16(3)15(20)11-23-13-8-6-7-12(9-13)18(21)22/h6-9H,4-5,10-11H2,1-3H3. The summed E-state index contributed by atoms with van der Waals surface area (Å²) < 4.78 is 5.25. The molecule has 0 fully saturated rings. The average Bonchev–Trinajstić information content (AvgIpc) is 2.53. The highest BCUT2D eigenvalue weighted by Gasteiger charge is 2.17. The fourth-order valence-electron chi connectivity index (χ4n) is 1.91. The van der Waals surface area contributed by atoms with E-state index in [1.54, 1.807) is 4.90 Å². The predicted molar refractivity (Wildman–Crippen MR) is 84.2 cm³/mol. The molecule has 0 aromatic heterocycles. The molecule has 0 radical (unpaired) electrons. The van der Waals surface area contributed by atoms with Crippen LogP contribution in [0.1, 0.15) is 13.8 Å². The van der Waals surface area contributed by atoms with Crippen molar-refractivity contribution in [1.29, 1.82) is 0 Å². The van der Waals surface area contributed by atoms with Gasteiger partial charge in [-0.15, -0.1) is 0 Å². The first-order valence-electron chi connectivity index (χ1n) is 7.28. The Hall–Kier alpha value is -2.64. The molecule has 0 unspecified atom stereocenters. The summed E-state index contributed by atoms with van der Waals surface area (Å²) in [5.41, 5.74) is -0.111. The van der Waals surface area contributed by atoms with Crippen molar-refractivity contribution in [1.82, 2.24) is 9.80 Å². The van der Waals surface area contributed by atoms with Gasteiger partial charge in [0.1, 0.15) is 5.75 Å². The molecule has 1 rings (SSSR count). The van der Waals surface area contributed by atoms with E-state index >= 15 is 0 Å². The third-order valence-corrected chi connectivity index (χ3v) is 3.31. The Balaban J connectivity index is 2.54. The summed E-state index contributed by atoms with van der Waals surface area (Å²) in [4.78, 5) is 36.9. The Morgan fingerprint density at radius 1 is 1.22 bits per heavy atom. The summed E-state index contributed by atoms with van der Waals surface area (Å²) in [5, 5.41) is 10.7. The number of amides is 2. The molecule has 0 heterocycles. The van der Waals surface area contributed by atoms with Crippen molar-refractivity contribution in [2.45, 2.75) is 13.8 Å². The predicted octanol–water partition coefficient (Wildman–Crippen LogP) is 1.30. The summed E-state index contributed by atoms with van der Waals surface area (Å²) in [6.45, 7) is 4.59. The molecule has 0 aliphatic carbocycles. The van der Waals surface area contributed by atoms with E-state index in [-0.39, 0.29) is 36.4 Å².